The van der Waals surface area contributed by atoms with E-state index < -0.39 is 0 Å². The molecule has 7 nitrogen and oxygen atoms in total. The van der Waals surface area contributed by atoms with E-state index in [9.17, 15) is 4.79 Å². The summed E-state index contributed by atoms with van der Waals surface area (Å²) < 4.78 is 1.71. The van der Waals surface area contributed by atoms with Crippen molar-refractivity contribution in [3.8, 4) is 5.69 Å². The van der Waals surface area contributed by atoms with Crippen molar-refractivity contribution in [2.45, 2.75) is 45.6 Å². The van der Waals surface area contributed by atoms with Crippen molar-refractivity contribution in [1.29, 1.82) is 0 Å². The van der Waals surface area contributed by atoms with Crippen molar-refractivity contribution in [3.05, 3.63) is 63.9 Å². The number of nitrogens with one attached hydrogen (secondary N) is 2. The first kappa shape index (κ1) is 17.7. The highest BCUT2D eigenvalue weighted by Crippen LogP contribution is 2.28. The van der Waals surface area contributed by atoms with Crippen molar-refractivity contribution in [2.75, 3.05) is 13.1 Å². The number of piperidine rings is 1. The topological polar surface area (TPSA) is 82.6 Å². The molecule has 1 aliphatic heterocycles. The van der Waals surface area contributed by atoms with Gasteiger partial charge in [0.25, 0.3) is 0 Å². The Bertz CT molecular complexity index is 947. The SMILES string of the molecule is CCc1nc(CN2CCC(c3n[nH]c(=O)n3-c3ccccc3)CC2)c(C)[nH]1. The molecule has 0 aliphatic carbocycles. The second kappa shape index (κ2) is 7.52. The van der Waals surface area contributed by atoms with Crippen LogP contribution in [0.15, 0.2) is 35.1 Å². The summed E-state index contributed by atoms with van der Waals surface area (Å²) in [5, 5.41) is 6.97. The molecule has 0 spiro atoms. The van der Waals surface area contributed by atoms with Gasteiger partial charge in [-0.1, -0.05) is 25.1 Å². The number of imidazole rings is 1. The minimum atomic E-state index is -0.169. The largest absolute Gasteiger partial charge is 0.347 e. The predicted octanol–water partition coefficient (Wildman–Crippen LogP) is 2.53. The van der Waals surface area contributed by atoms with Gasteiger partial charge in [-0.3, -0.25) is 4.90 Å². The number of hydrogen-bond acceptors (Lipinski definition) is 4. The lowest BCUT2D eigenvalue weighted by Crippen LogP contribution is -2.34. The first-order valence-electron chi connectivity index (χ1n) is 9.65. The molecule has 1 aromatic carbocycles. The van der Waals surface area contributed by atoms with E-state index >= 15 is 0 Å². The van der Waals surface area contributed by atoms with Crippen molar-refractivity contribution < 1.29 is 0 Å². The van der Waals surface area contributed by atoms with E-state index in [1.54, 1.807) is 4.57 Å². The second-order valence-electron chi connectivity index (χ2n) is 7.22. The quantitative estimate of drug-likeness (QED) is 0.727. The van der Waals surface area contributed by atoms with Crippen LogP contribution in [-0.4, -0.2) is 42.7 Å². The number of benzene rings is 1. The van der Waals surface area contributed by atoms with E-state index in [0.717, 1.165) is 61.9 Å². The normalized spacial score (nSPS) is 16.1. The van der Waals surface area contributed by atoms with Crippen LogP contribution in [0.4, 0.5) is 0 Å². The van der Waals surface area contributed by atoms with Gasteiger partial charge in [0.1, 0.15) is 11.6 Å². The number of likely N-dealkylation sites (tertiary alicyclic amines) is 1. The zero-order valence-corrected chi connectivity index (χ0v) is 15.9. The Labute approximate surface area is 158 Å². The molecule has 27 heavy (non-hydrogen) atoms. The number of aromatic nitrogens is 5. The summed E-state index contributed by atoms with van der Waals surface area (Å²) in [4.78, 5) is 22.8. The summed E-state index contributed by atoms with van der Waals surface area (Å²) >= 11 is 0. The van der Waals surface area contributed by atoms with Crippen LogP contribution in [0, 0.1) is 6.92 Å². The van der Waals surface area contributed by atoms with Crippen LogP contribution in [0.2, 0.25) is 0 Å². The Morgan fingerprint density at radius 3 is 2.59 bits per heavy atom. The fourth-order valence-electron chi connectivity index (χ4n) is 3.86. The molecule has 142 valence electrons. The third kappa shape index (κ3) is 3.60. The first-order valence-corrected chi connectivity index (χ1v) is 9.65. The molecule has 2 N–H and O–H groups in total. The molecule has 2 aromatic heterocycles. The van der Waals surface area contributed by atoms with E-state index in [0.29, 0.717) is 0 Å². The number of aryl methyl sites for hydroxylation is 2. The lowest BCUT2D eigenvalue weighted by molar-refractivity contribution is 0.199. The standard InChI is InChI=1S/C20H26N6O/c1-3-18-21-14(2)17(22-18)13-25-11-9-15(10-12-25)19-23-24-20(27)26(19)16-7-5-4-6-8-16/h4-8,15H,3,9-13H2,1-2H3,(H,21,22)(H,24,27). The lowest BCUT2D eigenvalue weighted by Gasteiger charge is -2.31. The maximum Gasteiger partial charge on any atom is 0.347 e. The van der Waals surface area contributed by atoms with Gasteiger partial charge >= 0.3 is 5.69 Å². The Morgan fingerprint density at radius 2 is 1.93 bits per heavy atom. The maximum atomic E-state index is 12.3. The Kier molecular flexibility index (Phi) is 4.94. The van der Waals surface area contributed by atoms with Gasteiger partial charge in [0.15, 0.2) is 0 Å². The number of nitrogens with zero attached hydrogens (tertiary/aromatic N) is 4. The van der Waals surface area contributed by atoms with Crippen LogP contribution in [0.3, 0.4) is 0 Å². The van der Waals surface area contributed by atoms with Gasteiger partial charge in [0, 0.05) is 24.6 Å². The van der Waals surface area contributed by atoms with Gasteiger partial charge < -0.3 is 4.98 Å². The second-order valence-corrected chi connectivity index (χ2v) is 7.22. The fourth-order valence-corrected chi connectivity index (χ4v) is 3.86. The molecule has 3 aromatic rings. The van der Waals surface area contributed by atoms with Gasteiger partial charge in [-0.2, -0.15) is 5.10 Å². The summed E-state index contributed by atoms with van der Waals surface area (Å²) in [7, 11) is 0. The zero-order valence-electron chi connectivity index (χ0n) is 15.9. The smallest absolute Gasteiger partial charge is 0.346 e. The van der Waals surface area contributed by atoms with Gasteiger partial charge in [0.2, 0.25) is 0 Å². The molecule has 4 rings (SSSR count). The number of para-hydroxylation sites is 1. The van der Waals surface area contributed by atoms with E-state index in [1.165, 1.54) is 5.69 Å². The highest BCUT2D eigenvalue weighted by atomic mass is 16.1. The third-order valence-corrected chi connectivity index (χ3v) is 5.41. The molecule has 0 saturated carbocycles. The highest BCUT2D eigenvalue weighted by Gasteiger charge is 2.26. The predicted molar refractivity (Wildman–Crippen MR) is 104 cm³/mol. The maximum absolute atomic E-state index is 12.3. The molecule has 1 aliphatic rings. The monoisotopic (exact) mass is 366 g/mol. The molecular formula is C20H26N6O. The molecule has 3 heterocycles. The minimum Gasteiger partial charge on any atom is -0.346 e. The average molecular weight is 366 g/mol. The van der Waals surface area contributed by atoms with Crippen LogP contribution in [-0.2, 0) is 13.0 Å². The zero-order chi connectivity index (χ0) is 18.8. The number of H-pyrrole nitrogens is 2. The Balaban J connectivity index is 1.46. The van der Waals surface area contributed by atoms with Crippen molar-refractivity contribution in [3.63, 3.8) is 0 Å². The summed E-state index contributed by atoms with van der Waals surface area (Å²) in [6.07, 6.45) is 2.90. The van der Waals surface area contributed by atoms with Gasteiger partial charge in [-0.05, 0) is 45.0 Å². The van der Waals surface area contributed by atoms with Crippen molar-refractivity contribution >= 4 is 0 Å². The Hall–Kier alpha value is -2.67. The molecule has 0 bridgehead atoms. The molecule has 0 unspecified atom stereocenters. The molecule has 0 amide bonds. The first-order chi connectivity index (χ1) is 13.2. The number of hydrogen-bond donors (Lipinski definition) is 2. The van der Waals surface area contributed by atoms with E-state index in [2.05, 4.69) is 33.9 Å². The van der Waals surface area contributed by atoms with Crippen LogP contribution in [0.1, 0.15) is 48.7 Å². The molecular weight excluding hydrogens is 340 g/mol. The van der Waals surface area contributed by atoms with E-state index in [4.69, 9.17) is 4.98 Å². The molecule has 1 saturated heterocycles. The highest BCUT2D eigenvalue weighted by molar-refractivity contribution is 5.32. The summed E-state index contributed by atoms with van der Waals surface area (Å²) in [5.41, 5.74) is 3.01. The summed E-state index contributed by atoms with van der Waals surface area (Å²) in [5.74, 6) is 2.18. The van der Waals surface area contributed by atoms with E-state index in [-0.39, 0.29) is 11.6 Å². The summed E-state index contributed by atoms with van der Waals surface area (Å²) in [6.45, 7) is 7.05. The minimum absolute atomic E-state index is 0.169. The van der Waals surface area contributed by atoms with Gasteiger partial charge in [-0.25, -0.2) is 19.4 Å². The number of rotatable bonds is 5. The van der Waals surface area contributed by atoms with Crippen molar-refractivity contribution in [2.24, 2.45) is 0 Å². The average Bonchev–Trinajstić information content (AvgIpc) is 3.25. The molecule has 0 atom stereocenters. The van der Waals surface area contributed by atoms with Crippen molar-refractivity contribution in [1.82, 2.24) is 29.6 Å². The Morgan fingerprint density at radius 1 is 1.19 bits per heavy atom. The summed E-state index contributed by atoms with van der Waals surface area (Å²) in [6, 6.07) is 9.73. The van der Waals surface area contributed by atoms with Gasteiger partial charge in [0.05, 0.1) is 11.4 Å². The lowest BCUT2D eigenvalue weighted by atomic mass is 9.95. The van der Waals surface area contributed by atoms with E-state index in [1.807, 2.05) is 30.3 Å². The molecule has 7 heteroatoms. The van der Waals surface area contributed by atoms with Crippen LogP contribution in [0.5, 0.6) is 0 Å². The van der Waals surface area contributed by atoms with Crippen LogP contribution in [0.25, 0.3) is 5.69 Å². The van der Waals surface area contributed by atoms with Crippen LogP contribution >= 0.6 is 0 Å². The van der Waals surface area contributed by atoms with Crippen LogP contribution < -0.4 is 5.69 Å². The molecule has 1 fully saturated rings. The fraction of sp³-hybridized carbons (Fsp3) is 0.450. The third-order valence-electron chi connectivity index (χ3n) is 5.41. The number of aromatic amines is 2. The molecule has 0 radical (unpaired) electrons. The van der Waals surface area contributed by atoms with Gasteiger partial charge in [-0.15, -0.1) is 0 Å².